The molecule has 2 aliphatic rings. The van der Waals surface area contributed by atoms with Crippen molar-refractivity contribution in [2.24, 2.45) is 5.14 Å². The first kappa shape index (κ1) is 20.1. The third-order valence-corrected chi connectivity index (χ3v) is 4.62. The maximum absolute atomic E-state index is 11.0. The predicted octanol–water partition coefficient (Wildman–Crippen LogP) is -3.28. The van der Waals surface area contributed by atoms with E-state index in [9.17, 15) is 32.5 Å². The highest BCUT2D eigenvalue weighted by atomic mass is 32.2. The van der Waals surface area contributed by atoms with Crippen molar-refractivity contribution in [3.05, 3.63) is 0 Å². The van der Waals surface area contributed by atoms with Gasteiger partial charge in [-0.1, -0.05) is 0 Å². The van der Waals surface area contributed by atoms with Crippen molar-refractivity contribution in [2.75, 3.05) is 6.61 Å². The summed E-state index contributed by atoms with van der Waals surface area (Å²) in [7, 11) is -4.64. The summed E-state index contributed by atoms with van der Waals surface area (Å²) in [5.41, 5.74) is 0. The van der Waals surface area contributed by atoms with E-state index in [-0.39, 0.29) is 0 Å². The van der Waals surface area contributed by atoms with E-state index in [1.807, 2.05) is 0 Å². The van der Waals surface area contributed by atoms with E-state index in [1.54, 1.807) is 0 Å². The van der Waals surface area contributed by atoms with E-state index in [4.69, 9.17) is 9.47 Å². The fourth-order valence-corrected chi connectivity index (χ4v) is 3.11. The molecule has 2 rings (SSSR count). The van der Waals surface area contributed by atoms with Crippen LogP contribution < -0.4 is 5.14 Å². The van der Waals surface area contributed by atoms with Crippen LogP contribution in [-0.4, -0.2) is 75.6 Å². The highest BCUT2D eigenvalue weighted by Gasteiger charge is 2.59. The van der Waals surface area contributed by atoms with E-state index in [1.165, 1.54) is 0 Å². The molecule has 14 heteroatoms. The summed E-state index contributed by atoms with van der Waals surface area (Å²) in [6.45, 7) is -0.635. The molecule has 12 nitrogen and oxygen atoms in total. The van der Waals surface area contributed by atoms with E-state index in [2.05, 4.69) is 13.5 Å². The van der Waals surface area contributed by atoms with Crippen molar-refractivity contribution in [1.82, 2.24) is 0 Å². The summed E-state index contributed by atoms with van der Waals surface area (Å²) >= 11 is -3.00. The first-order valence-electron chi connectivity index (χ1n) is 6.88. The number of ether oxygens (including phenoxy) is 2. The molecular formula is C10H18NO11S2-. The molecule has 1 aliphatic heterocycles. The highest BCUT2D eigenvalue weighted by Crippen LogP contribution is 2.37. The quantitative estimate of drug-likeness (QED) is 0.250. The number of hydrogen-bond donors (Lipinski definition) is 4. The minimum atomic E-state index is -4.64. The molecule has 0 bridgehead atoms. The molecule has 0 aromatic carbocycles. The summed E-state index contributed by atoms with van der Waals surface area (Å²) < 4.78 is 62.3. The SMILES string of the molecule is NS(=O)(=O)OC(O)[C@@]1(OC2CCC2)OC[C@@H](OS(=O)[O-])[C@@H](O)[C@@H]1O. The van der Waals surface area contributed by atoms with Crippen molar-refractivity contribution in [1.29, 1.82) is 0 Å². The Bertz CT molecular complexity index is 567. The second-order valence-electron chi connectivity index (χ2n) is 5.42. The van der Waals surface area contributed by atoms with Crippen molar-refractivity contribution in [2.45, 2.75) is 55.8 Å². The maximum atomic E-state index is 11.0. The van der Waals surface area contributed by atoms with Gasteiger partial charge in [-0.15, -0.1) is 0 Å². The zero-order valence-corrected chi connectivity index (χ0v) is 13.8. The summed E-state index contributed by atoms with van der Waals surface area (Å²) in [5.74, 6) is -2.48. The lowest BCUT2D eigenvalue weighted by Gasteiger charge is -2.49. The lowest BCUT2D eigenvalue weighted by atomic mass is 9.92. The molecule has 1 heterocycles. The minimum absolute atomic E-state index is 0.489. The number of hydrogen-bond acceptors (Lipinski definition) is 11. The lowest BCUT2D eigenvalue weighted by Crippen LogP contribution is -2.69. The molecule has 0 amide bonds. The van der Waals surface area contributed by atoms with E-state index in [0.29, 0.717) is 12.8 Å². The molecule has 0 spiro atoms. The van der Waals surface area contributed by atoms with Crippen LogP contribution in [0.3, 0.4) is 0 Å². The topological polar surface area (TPSA) is 198 Å². The smallest absolute Gasteiger partial charge is 0.335 e. The summed E-state index contributed by atoms with van der Waals surface area (Å²) in [6, 6.07) is 0. The molecule has 1 aliphatic carbocycles. The van der Waals surface area contributed by atoms with Crippen LogP contribution in [0.4, 0.5) is 0 Å². The zero-order valence-electron chi connectivity index (χ0n) is 12.2. The van der Waals surface area contributed by atoms with Gasteiger partial charge in [-0.05, 0) is 19.3 Å². The first-order chi connectivity index (χ1) is 11.0. The largest absolute Gasteiger partial charge is 0.750 e. The average molecular weight is 392 g/mol. The van der Waals surface area contributed by atoms with E-state index < -0.39 is 64.8 Å². The Kier molecular flexibility index (Phi) is 6.31. The highest BCUT2D eigenvalue weighted by molar-refractivity contribution is 7.84. The molecule has 5 N–H and O–H groups in total. The van der Waals surface area contributed by atoms with Crippen LogP contribution in [0.2, 0.25) is 0 Å². The third-order valence-electron chi connectivity index (χ3n) is 3.76. The Morgan fingerprint density at radius 1 is 1.38 bits per heavy atom. The van der Waals surface area contributed by atoms with Gasteiger partial charge in [0.2, 0.25) is 6.29 Å². The molecule has 2 unspecified atom stereocenters. The van der Waals surface area contributed by atoms with Crippen molar-refractivity contribution in [3.63, 3.8) is 0 Å². The average Bonchev–Trinajstić information content (AvgIpc) is 2.39. The summed E-state index contributed by atoms with van der Waals surface area (Å²) in [4.78, 5) is 0. The Morgan fingerprint density at radius 3 is 2.46 bits per heavy atom. The van der Waals surface area contributed by atoms with E-state index >= 15 is 0 Å². The second kappa shape index (κ2) is 7.55. The van der Waals surface area contributed by atoms with Crippen molar-refractivity contribution >= 4 is 21.7 Å². The lowest BCUT2D eigenvalue weighted by molar-refractivity contribution is -0.405. The number of aliphatic hydroxyl groups is 3. The Hall–Kier alpha value is -0.260. The predicted molar refractivity (Wildman–Crippen MR) is 73.4 cm³/mol. The second-order valence-corrected chi connectivity index (χ2v) is 7.20. The standard InChI is InChI=1S/C10H19NO11S2/c11-24(17,18)22-9(14)10(20-5-2-1-3-5)8(13)7(12)6(4-19-10)21-23(15)16/h5-9,12-14H,1-4H2,(H,15,16)(H2,11,17,18)/p-1/t6-,7-,8+,9?,10-/m1/s1. The van der Waals surface area contributed by atoms with Gasteiger partial charge in [0.25, 0.3) is 5.79 Å². The van der Waals surface area contributed by atoms with Crippen LogP contribution >= 0.6 is 0 Å². The molecular weight excluding hydrogens is 374 g/mol. The van der Waals surface area contributed by atoms with Gasteiger partial charge >= 0.3 is 10.3 Å². The van der Waals surface area contributed by atoms with Gasteiger partial charge < -0.3 is 29.3 Å². The monoisotopic (exact) mass is 392 g/mol. The molecule has 1 saturated carbocycles. The fraction of sp³-hybridized carbons (Fsp3) is 1.00. The molecule has 24 heavy (non-hydrogen) atoms. The molecule has 0 aromatic heterocycles. The normalized spacial score (nSPS) is 37.6. The third kappa shape index (κ3) is 4.47. The van der Waals surface area contributed by atoms with Crippen molar-refractivity contribution < 1.29 is 50.3 Å². The molecule has 0 radical (unpaired) electrons. The maximum Gasteiger partial charge on any atom is 0.335 e. The van der Waals surface area contributed by atoms with Gasteiger partial charge in [0.1, 0.15) is 18.3 Å². The minimum Gasteiger partial charge on any atom is -0.750 e. The van der Waals surface area contributed by atoms with Gasteiger partial charge in [-0.25, -0.2) is 13.5 Å². The van der Waals surface area contributed by atoms with E-state index in [0.717, 1.165) is 6.42 Å². The number of rotatable bonds is 7. The van der Waals surface area contributed by atoms with Gasteiger partial charge in [-0.3, -0.25) is 4.18 Å². The number of aliphatic hydroxyl groups excluding tert-OH is 3. The number of nitrogens with two attached hydrogens (primary N) is 1. The molecule has 2 fully saturated rings. The summed E-state index contributed by atoms with van der Waals surface area (Å²) in [5, 5.41) is 35.0. The van der Waals surface area contributed by atoms with Gasteiger partial charge in [-0.2, -0.15) is 8.42 Å². The van der Waals surface area contributed by atoms with Crippen LogP contribution in [0.5, 0.6) is 0 Å². The van der Waals surface area contributed by atoms with Gasteiger partial charge in [0, 0.05) is 0 Å². The molecule has 0 aromatic rings. The Labute approximate surface area is 140 Å². The van der Waals surface area contributed by atoms with Crippen LogP contribution in [0.25, 0.3) is 0 Å². The Morgan fingerprint density at radius 2 is 2.00 bits per heavy atom. The van der Waals surface area contributed by atoms with Gasteiger partial charge in [0.05, 0.1) is 24.1 Å². The van der Waals surface area contributed by atoms with Crippen LogP contribution in [0.15, 0.2) is 0 Å². The van der Waals surface area contributed by atoms with Crippen LogP contribution in [0.1, 0.15) is 19.3 Å². The molecule has 6 atom stereocenters. The van der Waals surface area contributed by atoms with Crippen LogP contribution in [0, 0.1) is 0 Å². The molecule has 1 saturated heterocycles. The zero-order chi connectivity index (χ0) is 18.1. The van der Waals surface area contributed by atoms with Gasteiger partial charge in [0.15, 0.2) is 0 Å². The first-order valence-corrected chi connectivity index (χ1v) is 9.35. The Balaban J connectivity index is 2.23. The van der Waals surface area contributed by atoms with Crippen LogP contribution in [-0.2, 0) is 39.5 Å². The summed E-state index contributed by atoms with van der Waals surface area (Å²) in [6.07, 6.45) is -6.47. The fourth-order valence-electron chi connectivity index (χ4n) is 2.35. The van der Waals surface area contributed by atoms with Crippen molar-refractivity contribution in [3.8, 4) is 0 Å². The molecule has 142 valence electrons.